The molecule has 2 amide bonds. The third-order valence-corrected chi connectivity index (χ3v) is 5.00. The number of carbonyl (C=O) groups is 2. The van der Waals surface area contributed by atoms with Crippen molar-refractivity contribution in [3.8, 4) is 0 Å². The van der Waals surface area contributed by atoms with Gasteiger partial charge in [-0.15, -0.1) is 0 Å². The van der Waals surface area contributed by atoms with Crippen molar-refractivity contribution in [1.29, 1.82) is 0 Å². The summed E-state index contributed by atoms with van der Waals surface area (Å²) in [6.45, 7) is 0.667. The van der Waals surface area contributed by atoms with Crippen molar-refractivity contribution in [2.24, 2.45) is 0 Å². The standard InChI is InChI=1S/C23H21ClN6O3/c24-18-13-27-30(14-18)15-19-28-23(33-29-19)22(32)26-12-11-25-21(31)20(16-7-3-1-4-8-16)17-9-5-2-6-10-17/h1-10,13-14,20H,11-12,15H2,(H,25,31)(H,26,32). The van der Waals surface area contributed by atoms with Crippen LogP contribution in [0.5, 0.6) is 0 Å². The fourth-order valence-corrected chi connectivity index (χ4v) is 3.46. The Morgan fingerprint density at radius 1 is 0.970 bits per heavy atom. The zero-order valence-corrected chi connectivity index (χ0v) is 18.3. The molecule has 0 aliphatic heterocycles. The van der Waals surface area contributed by atoms with E-state index < -0.39 is 11.8 Å². The Labute approximate surface area is 194 Å². The first kappa shape index (κ1) is 22.2. The first-order valence-electron chi connectivity index (χ1n) is 10.3. The minimum atomic E-state index is -0.524. The Morgan fingerprint density at radius 3 is 2.21 bits per heavy atom. The molecule has 0 saturated carbocycles. The van der Waals surface area contributed by atoms with E-state index >= 15 is 0 Å². The van der Waals surface area contributed by atoms with Crippen LogP contribution in [0.2, 0.25) is 5.02 Å². The third-order valence-electron chi connectivity index (χ3n) is 4.81. The lowest BCUT2D eigenvalue weighted by Gasteiger charge is -2.18. The van der Waals surface area contributed by atoms with Crippen molar-refractivity contribution in [2.45, 2.75) is 12.5 Å². The molecule has 10 heteroatoms. The molecule has 33 heavy (non-hydrogen) atoms. The number of amides is 2. The molecule has 0 atom stereocenters. The predicted molar refractivity (Wildman–Crippen MR) is 121 cm³/mol. The lowest BCUT2D eigenvalue weighted by atomic mass is 9.90. The highest BCUT2D eigenvalue weighted by atomic mass is 35.5. The summed E-state index contributed by atoms with van der Waals surface area (Å²) in [6.07, 6.45) is 3.10. The Bertz CT molecular complexity index is 1170. The van der Waals surface area contributed by atoms with E-state index in [-0.39, 0.29) is 31.4 Å². The van der Waals surface area contributed by atoms with Gasteiger partial charge in [-0.3, -0.25) is 14.3 Å². The van der Waals surface area contributed by atoms with Gasteiger partial charge < -0.3 is 15.2 Å². The molecule has 4 aromatic rings. The van der Waals surface area contributed by atoms with Crippen LogP contribution >= 0.6 is 11.6 Å². The second-order valence-corrected chi connectivity index (χ2v) is 7.61. The summed E-state index contributed by atoms with van der Waals surface area (Å²) >= 11 is 5.82. The van der Waals surface area contributed by atoms with Gasteiger partial charge in [-0.05, 0) is 11.1 Å². The molecular formula is C23H21ClN6O3. The Balaban J connectivity index is 1.29. The zero-order valence-electron chi connectivity index (χ0n) is 17.5. The van der Waals surface area contributed by atoms with E-state index in [2.05, 4.69) is 25.9 Å². The predicted octanol–water partition coefficient (Wildman–Crippen LogP) is 2.65. The summed E-state index contributed by atoms with van der Waals surface area (Å²) in [5, 5.41) is 13.8. The molecule has 2 heterocycles. The molecule has 4 rings (SSSR count). The van der Waals surface area contributed by atoms with E-state index in [4.69, 9.17) is 16.1 Å². The summed E-state index contributed by atoms with van der Waals surface area (Å²) in [4.78, 5) is 29.3. The summed E-state index contributed by atoms with van der Waals surface area (Å²) < 4.78 is 6.53. The van der Waals surface area contributed by atoms with Gasteiger partial charge in [0.25, 0.3) is 0 Å². The van der Waals surface area contributed by atoms with Crippen LogP contribution < -0.4 is 10.6 Å². The summed E-state index contributed by atoms with van der Waals surface area (Å²) in [5.41, 5.74) is 1.78. The van der Waals surface area contributed by atoms with Crippen LogP contribution in [0, 0.1) is 0 Å². The van der Waals surface area contributed by atoms with Crippen LogP contribution in [0.3, 0.4) is 0 Å². The maximum Gasteiger partial charge on any atom is 0.316 e. The van der Waals surface area contributed by atoms with Crippen LogP contribution in [-0.2, 0) is 11.3 Å². The SMILES string of the molecule is O=C(NCCNC(=O)C(c1ccccc1)c1ccccc1)c1nc(Cn2cc(Cl)cn2)no1. The second kappa shape index (κ2) is 10.6. The summed E-state index contributed by atoms with van der Waals surface area (Å²) in [7, 11) is 0. The van der Waals surface area contributed by atoms with Crippen LogP contribution in [0.1, 0.15) is 33.6 Å². The van der Waals surface area contributed by atoms with Crippen molar-refractivity contribution >= 4 is 23.4 Å². The minimum absolute atomic E-state index is 0.153. The number of benzene rings is 2. The highest BCUT2D eigenvalue weighted by molar-refractivity contribution is 6.30. The summed E-state index contributed by atoms with van der Waals surface area (Å²) in [5.74, 6) is -0.996. The molecule has 0 spiro atoms. The second-order valence-electron chi connectivity index (χ2n) is 7.17. The van der Waals surface area contributed by atoms with E-state index in [1.54, 1.807) is 6.20 Å². The topological polar surface area (TPSA) is 115 Å². The zero-order chi connectivity index (χ0) is 23.0. The van der Waals surface area contributed by atoms with E-state index in [1.807, 2.05) is 60.7 Å². The fourth-order valence-electron chi connectivity index (χ4n) is 3.31. The van der Waals surface area contributed by atoms with Crippen LogP contribution in [0.25, 0.3) is 0 Å². The van der Waals surface area contributed by atoms with Crippen LogP contribution in [0.15, 0.2) is 77.6 Å². The monoisotopic (exact) mass is 464 g/mol. The van der Waals surface area contributed by atoms with Gasteiger partial charge in [0.2, 0.25) is 5.91 Å². The average Bonchev–Trinajstić information content (AvgIpc) is 3.47. The average molecular weight is 465 g/mol. The number of hydrogen-bond donors (Lipinski definition) is 2. The number of halogens is 1. The number of carbonyl (C=O) groups excluding carboxylic acids is 2. The van der Waals surface area contributed by atoms with Crippen molar-refractivity contribution < 1.29 is 14.1 Å². The van der Waals surface area contributed by atoms with Gasteiger partial charge >= 0.3 is 11.8 Å². The lowest BCUT2D eigenvalue weighted by molar-refractivity contribution is -0.121. The normalized spacial score (nSPS) is 10.8. The third kappa shape index (κ3) is 5.83. The lowest BCUT2D eigenvalue weighted by Crippen LogP contribution is -2.37. The molecular weight excluding hydrogens is 444 g/mol. The van der Waals surface area contributed by atoms with Gasteiger partial charge in [0.1, 0.15) is 6.54 Å². The molecule has 0 fully saturated rings. The maximum atomic E-state index is 13.0. The number of nitrogens with zero attached hydrogens (tertiary/aromatic N) is 4. The molecule has 2 N–H and O–H groups in total. The molecule has 0 bridgehead atoms. The largest absolute Gasteiger partial charge is 0.354 e. The van der Waals surface area contributed by atoms with Gasteiger partial charge in [0.05, 0.1) is 17.1 Å². The molecule has 0 unspecified atom stereocenters. The maximum absolute atomic E-state index is 13.0. The van der Waals surface area contributed by atoms with E-state index in [0.29, 0.717) is 10.8 Å². The molecule has 9 nitrogen and oxygen atoms in total. The molecule has 168 valence electrons. The quantitative estimate of drug-likeness (QED) is 0.368. The molecule has 0 radical (unpaired) electrons. The first-order valence-corrected chi connectivity index (χ1v) is 10.6. The van der Waals surface area contributed by atoms with Crippen LogP contribution in [0.4, 0.5) is 0 Å². The molecule has 0 saturated heterocycles. The van der Waals surface area contributed by atoms with E-state index in [0.717, 1.165) is 11.1 Å². The van der Waals surface area contributed by atoms with Gasteiger partial charge in [0, 0.05) is 19.3 Å². The Kier molecular flexibility index (Phi) is 7.11. The molecule has 2 aromatic heterocycles. The highest BCUT2D eigenvalue weighted by Gasteiger charge is 2.22. The van der Waals surface area contributed by atoms with Crippen LogP contribution in [-0.4, -0.2) is 44.8 Å². The Morgan fingerprint density at radius 2 is 1.61 bits per heavy atom. The fraction of sp³-hybridized carbons (Fsp3) is 0.174. The molecule has 2 aromatic carbocycles. The number of aromatic nitrogens is 4. The van der Waals surface area contributed by atoms with Crippen molar-refractivity contribution in [3.05, 3.63) is 101 Å². The Hall–Kier alpha value is -3.98. The first-order chi connectivity index (χ1) is 16.1. The molecule has 0 aliphatic rings. The summed E-state index contributed by atoms with van der Waals surface area (Å²) in [6, 6.07) is 19.1. The highest BCUT2D eigenvalue weighted by Crippen LogP contribution is 2.24. The van der Waals surface area contributed by atoms with Gasteiger partial charge in [-0.1, -0.05) is 77.4 Å². The van der Waals surface area contributed by atoms with E-state index in [1.165, 1.54) is 10.9 Å². The smallest absolute Gasteiger partial charge is 0.316 e. The van der Waals surface area contributed by atoms with Gasteiger partial charge in [-0.25, -0.2) is 0 Å². The number of hydrogen-bond acceptors (Lipinski definition) is 6. The van der Waals surface area contributed by atoms with Gasteiger partial charge in [0.15, 0.2) is 5.82 Å². The number of nitrogens with one attached hydrogen (secondary N) is 2. The van der Waals surface area contributed by atoms with Crippen molar-refractivity contribution in [3.63, 3.8) is 0 Å². The minimum Gasteiger partial charge on any atom is -0.354 e. The van der Waals surface area contributed by atoms with Gasteiger partial charge in [-0.2, -0.15) is 10.1 Å². The van der Waals surface area contributed by atoms with Crippen molar-refractivity contribution in [2.75, 3.05) is 13.1 Å². The molecule has 0 aliphatic carbocycles. The van der Waals surface area contributed by atoms with Crippen molar-refractivity contribution in [1.82, 2.24) is 30.6 Å². The number of rotatable bonds is 9. The van der Waals surface area contributed by atoms with E-state index in [9.17, 15) is 9.59 Å².